The minimum atomic E-state index is -0.480. The third kappa shape index (κ3) is 6.63. The molecular weight excluding hydrogens is 412 g/mol. The molecule has 0 aliphatic carbocycles. The van der Waals surface area contributed by atoms with Crippen LogP contribution in [0.2, 0.25) is 5.02 Å². The van der Waals surface area contributed by atoms with Crippen molar-refractivity contribution in [2.75, 3.05) is 11.9 Å². The normalized spacial score (nSPS) is 10.8. The summed E-state index contributed by atoms with van der Waals surface area (Å²) < 4.78 is 11.1. The van der Waals surface area contributed by atoms with Crippen LogP contribution < -0.4 is 14.8 Å². The molecule has 0 fully saturated rings. The molecule has 156 valence electrons. The van der Waals surface area contributed by atoms with E-state index in [0.29, 0.717) is 29.7 Å². The maximum Gasteiger partial charge on any atom is 0.266 e. The average molecular weight is 433 g/mol. The lowest BCUT2D eigenvalue weighted by Crippen LogP contribution is -2.13. The smallest absolute Gasteiger partial charge is 0.266 e. The number of hydrogen-bond acceptors (Lipinski definition) is 4. The van der Waals surface area contributed by atoms with Gasteiger partial charge in [-0.2, -0.15) is 5.26 Å². The molecule has 0 aromatic heterocycles. The molecule has 0 saturated carbocycles. The minimum absolute atomic E-state index is 0.00669. The van der Waals surface area contributed by atoms with E-state index in [2.05, 4.69) is 5.32 Å². The van der Waals surface area contributed by atoms with Crippen molar-refractivity contribution in [1.29, 1.82) is 5.26 Å². The first kappa shape index (κ1) is 21.9. The fraction of sp³-hybridized carbons (Fsp3) is 0.120. The number of carbonyl (C=O) groups is 1. The van der Waals surface area contributed by atoms with E-state index in [9.17, 15) is 10.1 Å². The number of ether oxygens (including phenoxy) is 2. The SMILES string of the molecule is CCOc1ccc(/C=C(\C#N)C(=O)Nc2ccc(OCc3ccc(Cl)cc3)cc2)cc1. The fourth-order valence-corrected chi connectivity index (χ4v) is 2.85. The number of hydrogen-bond donors (Lipinski definition) is 1. The van der Waals surface area contributed by atoms with E-state index in [4.69, 9.17) is 21.1 Å². The molecule has 0 bridgehead atoms. The summed E-state index contributed by atoms with van der Waals surface area (Å²) in [4.78, 5) is 12.5. The Labute approximate surface area is 186 Å². The van der Waals surface area contributed by atoms with E-state index < -0.39 is 5.91 Å². The Hall–Kier alpha value is -3.75. The van der Waals surface area contributed by atoms with Crippen molar-refractivity contribution in [2.24, 2.45) is 0 Å². The van der Waals surface area contributed by atoms with E-state index in [-0.39, 0.29) is 5.57 Å². The lowest BCUT2D eigenvalue weighted by atomic mass is 10.1. The number of halogens is 1. The second-order valence-corrected chi connectivity index (χ2v) is 7.00. The molecule has 5 nitrogen and oxygen atoms in total. The molecule has 0 unspecified atom stereocenters. The predicted octanol–water partition coefficient (Wildman–Crippen LogP) is 5.86. The topological polar surface area (TPSA) is 71.3 Å². The summed E-state index contributed by atoms with van der Waals surface area (Å²) in [6.07, 6.45) is 1.54. The van der Waals surface area contributed by atoms with Crippen LogP contribution in [-0.4, -0.2) is 12.5 Å². The maximum absolute atomic E-state index is 12.5. The Morgan fingerprint density at radius 3 is 2.19 bits per heavy atom. The highest BCUT2D eigenvalue weighted by atomic mass is 35.5. The molecule has 0 radical (unpaired) electrons. The van der Waals surface area contributed by atoms with Crippen LogP contribution in [0.3, 0.4) is 0 Å². The third-order valence-corrected chi connectivity index (χ3v) is 4.55. The van der Waals surface area contributed by atoms with Crippen LogP contribution in [0.1, 0.15) is 18.1 Å². The number of nitrogens with zero attached hydrogens (tertiary/aromatic N) is 1. The minimum Gasteiger partial charge on any atom is -0.494 e. The van der Waals surface area contributed by atoms with Gasteiger partial charge in [0, 0.05) is 10.7 Å². The first-order chi connectivity index (χ1) is 15.1. The molecule has 3 rings (SSSR count). The van der Waals surface area contributed by atoms with Crippen LogP contribution in [0.5, 0.6) is 11.5 Å². The molecule has 0 aliphatic rings. The van der Waals surface area contributed by atoms with Crippen LogP contribution in [0.4, 0.5) is 5.69 Å². The average Bonchev–Trinajstić information content (AvgIpc) is 2.79. The van der Waals surface area contributed by atoms with Crippen LogP contribution in [-0.2, 0) is 11.4 Å². The van der Waals surface area contributed by atoms with Crippen molar-refractivity contribution in [3.8, 4) is 17.6 Å². The molecule has 0 spiro atoms. The maximum atomic E-state index is 12.5. The zero-order valence-electron chi connectivity index (χ0n) is 17.0. The highest BCUT2D eigenvalue weighted by molar-refractivity contribution is 6.30. The van der Waals surface area contributed by atoms with Gasteiger partial charge in [0.1, 0.15) is 29.7 Å². The number of anilines is 1. The predicted molar refractivity (Wildman–Crippen MR) is 122 cm³/mol. The van der Waals surface area contributed by atoms with E-state index in [0.717, 1.165) is 16.9 Å². The van der Waals surface area contributed by atoms with Crippen LogP contribution in [0.25, 0.3) is 6.08 Å². The van der Waals surface area contributed by atoms with Crippen molar-refractivity contribution in [1.82, 2.24) is 0 Å². The molecule has 0 atom stereocenters. The van der Waals surface area contributed by atoms with Crippen molar-refractivity contribution < 1.29 is 14.3 Å². The zero-order valence-corrected chi connectivity index (χ0v) is 17.7. The second-order valence-electron chi connectivity index (χ2n) is 6.57. The van der Waals surface area contributed by atoms with Crippen LogP contribution in [0.15, 0.2) is 78.4 Å². The number of nitrogens with one attached hydrogen (secondary N) is 1. The van der Waals surface area contributed by atoms with Gasteiger partial charge < -0.3 is 14.8 Å². The van der Waals surface area contributed by atoms with E-state index >= 15 is 0 Å². The van der Waals surface area contributed by atoms with Crippen molar-refractivity contribution in [3.63, 3.8) is 0 Å². The van der Waals surface area contributed by atoms with Gasteiger partial charge in [0.15, 0.2) is 0 Å². The monoisotopic (exact) mass is 432 g/mol. The molecule has 3 aromatic rings. The fourth-order valence-electron chi connectivity index (χ4n) is 2.72. The summed E-state index contributed by atoms with van der Waals surface area (Å²) in [6.45, 7) is 2.89. The highest BCUT2D eigenvalue weighted by Crippen LogP contribution is 2.19. The summed E-state index contributed by atoms with van der Waals surface area (Å²) in [5, 5.41) is 12.8. The van der Waals surface area contributed by atoms with E-state index in [1.54, 1.807) is 48.5 Å². The van der Waals surface area contributed by atoms with Gasteiger partial charge in [0.2, 0.25) is 0 Å². The second kappa shape index (κ2) is 10.9. The van der Waals surface area contributed by atoms with E-state index in [1.807, 2.05) is 37.3 Å². The highest BCUT2D eigenvalue weighted by Gasteiger charge is 2.10. The summed E-state index contributed by atoms with van der Waals surface area (Å²) in [5.74, 6) is 0.922. The summed E-state index contributed by atoms with van der Waals surface area (Å²) in [7, 11) is 0. The number of benzene rings is 3. The summed E-state index contributed by atoms with van der Waals surface area (Å²) in [5.41, 5.74) is 2.31. The van der Waals surface area contributed by atoms with Gasteiger partial charge in [-0.25, -0.2) is 0 Å². The zero-order chi connectivity index (χ0) is 22.1. The van der Waals surface area contributed by atoms with Crippen molar-refractivity contribution in [3.05, 3.63) is 94.5 Å². The Morgan fingerprint density at radius 1 is 0.968 bits per heavy atom. The van der Waals surface area contributed by atoms with Crippen molar-refractivity contribution >= 4 is 29.3 Å². The van der Waals surface area contributed by atoms with Gasteiger partial charge in [-0.05, 0) is 72.7 Å². The Morgan fingerprint density at radius 2 is 1.58 bits per heavy atom. The number of carbonyl (C=O) groups excluding carboxylic acids is 1. The first-order valence-corrected chi connectivity index (χ1v) is 10.1. The quantitative estimate of drug-likeness (QED) is 0.357. The van der Waals surface area contributed by atoms with Crippen molar-refractivity contribution in [2.45, 2.75) is 13.5 Å². The van der Waals surface area contributed by atoms with Gasteiger partial charge in [-0.15, -0.1) is 0 Å². The molecule has 1 N–H and O–H groups in total. The molecule has 0 heterocycles. The van der Waals surface area contributed by atoms with Crippen LogP contribution in [0, 0.1) is 11.3 Å². The number of nitriles is 1. The molecule has 1 amide bonds. The first-order valence-electron chi connectivity index (χ1n) is 9.70. The largest absolute Gasteiger partial charge is 0.494 e. The molecule has 31 heavy (non-hydrogen) atoms. The van der Waals surface area contributed by atoms with E-state index in [1.165, 1.54) is 6.08 Å². The Kier molecular flexibility index (Phi) is 7.69. The molecule has 0 saturated heterocycles. The lowest BCUT2D eigenvalue weighted by molar-refractivity contribution is -0.112. The van der Waals surface area contributed by atoms with Gasteiger partial charge in [-0.3, -0.25) is 4.79 Å². The summed E-state index contributed by atoms with van der Waals surface area (Å²) in [6, 6.07) is 23.5. The Balaban J connectivity index is 1.59. The standard InChI is InChI=1S/C25H21ClN2O3/c1-2-30-23-11-5-18(6-12-23)15-20(16-27)25(29)28-22-9-13-24(14-10-22)31-17-19-3-7-21(26)8-4-19/h3-15H,2,17H2,1H3,(H,28,29)/b20-15+. The number of rotatable bonds is 8. The molecular formula is C25H21ClN2O3. The lowest BCUT2D eigenvalue weighted by Gasteiger charge is -2.08. The van der Waals surface area contributed by atoms with Gasteiger partial charge >= 0.3 is 0 Å². The van der Waals surface area contributed by atoms with Gasteiger partial charge in [-0.1, -0.05) is 35.9 Å². The molecule has 6 heteroatoms. The van der Waals surface area contributed by atoms with Crippen LogP contribution >= 0.6 is 11.6 Å². The third-order valence-electron chi connectivity index (χ3n) is 4.30. The molecule has 3 aromatic carbocycles. The van der Waals surface area contributed by atoms with Gasteiger partial charge in [0.05, 0.1) is 6.61 Å². The number of amides is 1. The summed E-state index contributed by atoms with van der Waals surface area (Å²) >= 11 is 5.88. The van der Waals surface area contributed by atoms with Gasteiger partial charge in [0.25, 0.3) is 5.91 Å². The molecule has 0 aliphatic heterocycles. The Bertz CT molecular complexity index is 1080.